The molecule has 2 fully saturated rings. The zero-order chi connectivity index (χ0) is 18.0. The molecule has 4 rings (SSSR count). The predicted molar refractivity (Wildman–Crippen MR) is 101 cm³/mol. The van der Waals surface area contributed by atoms with Crippen molar-refractivity contribution in [1.29, 1.82) is 0 Å². The number of carbonyl (C=O) groups is 1. The minimum absolute atomic E-state index is 0.109. The lowest BCUT2D eigenvalue weighted by molar-refractivity contribution is -0.946. The summed E-state index contributed by atoms with van der Waals surface area (Å²) in [6.07, 6.45) is 4.96. The summed E-state index contributed by atoms with van der Waals surface area (Å²) in [5, 5.41) is 5.51. The Morgan fingerprint density at radius 1 is 1.40 bits per heavy atom. The molecule has 1 saturated heterocycles. The summed E-state index contributed by atoms with van der Waals surface area (Å²) in [7, 11) is 0. The van der Waals surface area contributed by atoms with E-state index in [9.17, 15) is 4.79 Å². The molecule has 142 valence electrons. The Kier molecular flexibility index (Phi) is 5.74. The topological polar surface area (TPSA) is 53.4 Å². The van der Waals surface area contributed by atoms with Gasteiger partial charge in [0.1, 0.15) is 26.2 Å². The number of allylic oxidation sites excluding steroid dienone is 1. The molecule has 2 atom stereocenters. The van der Waals surface area contributed by atoms with Crippen molar-refractivity contribution in [2.75, 3.05) is 45.8 Å². The van der Waals surface area contributed by atoms with Gasteiger partial charge in [-0.15, -0.1) is 0 Å². The fourth-order valence-electron chi connectivity index (χ4n) is 4.89. The van der Waals surface area contributed by atoms with Crippen molar-refractivity contribution in [2.24, 2.45) is 17.3 Å². The highest BCUT2D eigenvalue weighted by Crippen LogP contribution is 2.59. The predicted octanol–water partition coefficient (Wildman–Crippen LogP) is -0.139. The number of fused-ring (bicyclic) bond motifs is 1. The Hall–Kier alpha value is -1.07. The molecule has 1 aliphatic heterocycles. The minimum atomic E-state index is 0.109. The van der Waals surface area contributed by atoms with Crippen LogP contribution in [0.4, 0.5) is 4.79 Å². The van der Waals surface area contributed by atoms with Crippen LogP contribution in [0.25, 0.3) is 0 Å². The molecule has 4 N–H and O–H groups in total. The Morgan fingerprint density at radius 3 is 2.72 bits per heavy atom. The summed E-state index contributed by atoms with van der Waals surface area (Å²) in [5.41, 5.74) is 1.94. The molecule has 0 radical (unpaired) electrons. The largest absolute Gasteiger partial charge is 0.337 e. The van der Waals surface area contributed by atoms with E-state index in [-0.39, 0.29) is 12.1 Å². The first kappa shape index (κ1) is 18.7. The molecular formula is C20H38N4O+2. The quantitative estimate of drug-likeness (QED) is 0.574. The smallest absolute Gasteiger partial charge is 0.318 e. The van der Waals surface area contributed by atoms with E-state index in [2.05, 4.69) is 35.5 Å². The summed E-state index contributed by atoms with van der Waals surface area (Å²) in [6, 6.07) is 0.301. The van der Waals surface area contributed by atoms with Crippen molar-refractivity contribution in [3.8, 4) is 0 Å². The van der Waals surface area contributed by atoms with Crippen molar-refractivity contribution in [3.05, 3.63) is 11.6 Å². The number of amides is 2. The lowest BCUT2D eigenvalue weighted by Gasteiger charge is -2.57. The molecule has 2 bridgehead atoms. The molecule has 0 aromatic carbocycles. The second-order valence-electron chi connectivity index (χ2n) is 9.21. The van der Waals surface area contributed by atoms with Gasteiger partial charge >= 0.3 is 6.03 Å². The van der Waals surface area contributed by atoms with Gasteiger partial charge in [0.25, 0.3) is 0 Å². The molecule has 0 unspecified atom stereocenters. The van der Waals surface area contributed by atoms with Crippen LogP contribution < -0.4 is 15.5 Å². The first-order valence-corrected chi connectivity index (χ1v) is 10.3. The highest BCUT2D eigenvalue weighted by molar-refractivity contribution is 5.74. The molecule has 5 nitrogen and oxygen atoms in total. The summed E-state index contributed by atoms with van der Waals surface area (Å²) >= 11 is 0. The monoisotopic (exact) mass is 350 g/mol. The maximum absolute atomic E-state index is 12.8. The maximum atomic E-state index is 12.8. The highest BCUT2D eigenvalue weighted by atomic mass is 16.2. The third kappa shape index (κ3) is 4.20. The molecule has 5 heteroatoms. The van der Waals surface area contributed by atoms with E-state index < -0.39 is 0 Å². The van der Waals surface area contributed by atoms with Gasteiger partial charge in [0, 0.05) is 12.6 Å². The van der Waals surface area contributed by atoms with E-state index in [1.165, 1.54) is 44.6 Å². The summed E-state index contributed by atoms with van der Waals surface area (Å²) in [6.45, 7) is 16.5. The van der Waals surface area contributed by atoms with Gasteiger partial charge in [-0.25, -0.2) is 4.79 Å². The normalized spacial score (nSPS) is 28.3. The van der Waals surface area contributed by atoms with Crippen molar-refractivity contribution in [3.63, 3.8) is 0 Å². The zero-order valence-electron chi connectivity index (χ0n) is 16.6. The Labute approximate surface area is 153 Å². The minimum Gasteiger partial charge on any atom is -0.337 e. The van der Waals surface area contributed by atoms with Crippen LogP contribution in [0.2, 0.25) is 0 Å². The molecule has 0 aromatic heterocycles. The summed E-state index contributed by atoms with van der Waals surface area (Å²) in [5.74, 6) is 1.53. The third-order valence-corrected chi connectivity index (χ3v) is 6.79. The highest BCUT2D eigenvalue weighted by Gasteiger charge is 2.51. The SMILES string of the molecule is CC(C)NC(=O)N(CC[NH+]1CC[NH2+]CC1)CC1=CC[C@@H]2C[C@H]1C2(C)C. The number of nitrogens with zero attached hydrogens (tertiary/aromatic N) is 1. The van der Waals surface area contributed by atoms with Crippen LogP contribution in [0.1, 0.15) is 40.5 Å². The van der Waals surface area contributed by atoms with Crippen molar-refractivity contribution in [1.82, 2.24) is 10.2 Å². The van der Waals surface area contributed by atoms with Gasteiger partial charge in [-0.3, -0.25) is 0 Å². The Balaban J connectivity index is 1.61. The van der Waals surface area contributed by atoms with Crippen LogP contribution in [0.5, 0.6) is 0 Å². The number of piperazine rings is 1. The Bertz CT molecular complexity index is 508. The molecule has 3 aliphatic carbocycles. The van der Waals surface area contributed by atoms with Crippen molar-refractivity contribution in [2.45, 2.75) is 46.6 Å². The third-order valence-electron chi connectivity index (χ3n) is 6.79. The van der Waals surface area contributed by atoms with Gasteiger partial charge in [-0.1, -0.05) is 25.5 Å². The number of carbonyl (C=O) groups excluding carboxylic acids is 1. The van der Waals surface area contributed by atoms with Crippen LogP contribution in [-0.2, 0) is 0 Å². The number of nitrogens with one attached hydrogen (secondary N) is 2. The molecule has 4 aliphatic rings. The number of nitrogens with two attached hydrogens (primary N) is 1. The molecule has 2 amide bonds. The van der Waals surface area contributed by atoms with Crippen LogP contribution in [0, 0.1) is 17.3 Å². The number of hydrogen-bond donors (Lipinski definition) is 3. The number of rotatable bonds is 6. The van der Waals surface area contributed by atoms with E-state index in [0.29, 0.717) is 11.3 Å². The van der Waals surface area contributed by atoms with Gasteiger partial charge in [-0.2, -0.15) is 0 Å². The standard InChI is InChI=1S/C20H36N4O/c1-15(2)22-19(25)24(12-11-23-9-7-21-8-10-23)14-16-5-6-17-13-18(16)20(17,3)4/h5,15,17-18,21H,6-14H2,1-4H3,(H,22,25)/p+2/t17-,18-/m1/s1. The van der Waals surface area contributed by atoms with E-state index in [1.54, 1.807) is 4.90 Å². The average Bonchev–Trinajstić information content (AvgIpc) is 2.58. The molecule has 1 saturated carbocycles. The molecular weight excluding hydrogens is 312 g/mol. The second kappa shape index (κ2) is 7.67. The van der Waals surface area contributed by atoms with Gasteiger partial charge in [0.05, 0.1) is 13.1 Å². The first-order valence-electron chi connectivity index (χ1n) is 10.3. The van der Waals surface area contributed by atoms with Gasteiger partial charge in [-0.05, 0) is 43.9 Å². The number of quaternary nitrogens is 2. The van der Waals surface area contributed by atoms with Crippen LogP contribution in [0.15, 0.2) is 11.6 Å². The number of urea groups is 1. The summed E-state index contributed by atoms with van der Waals surface area (Å²) in [4.78, 5) is 16.5. The first-order chi connectivity index (χ1) is 11.9. The maximum Gasteiger partial charge on any atom is 0.318 e. The van der Waals surface area contributed by atoms with E-state index in [4.69, 9.17) is 0 Å². The van der Waals surface area contributed by atoms with E-state index in [1.807, 2.05) is 13.8 Å². The molecule has 25 heavy (non-hydrogen) atoms. The second-order valence-corrected chi connectivity index (χ2v) is 9.21. The zero-order valence-corrected chi connectivity index (χ0v) is 16.6. The Morgan fingerprint density at radius 2 is 2.12 bits per heavy atom. The van der Waals surface area contributed by atoms with Crippen molar-refractivity contribution < 1.29 is 15.0 Å². The van der Waals surface area contributed by atoms with Crippen LogP contribution in [0.3, 0.4) is 0 Å². The van der Waals surface area contributed by atoms with Crippen molar-refractivity contribution >= 4 is 6.03 Å². The summed E-state index contributed by atoms with van der Waals surface area (Å²) < 4.78 is 0. The lowest BCUT2D eigenvalue weighted by atomic mass is 9.49. The van der Waals surface area contributed by atoms with E-state index in [0.717, 1.165) is 25.6 Å². The molecule has 1 heterocycles. The number of hydrogen-bond acceptors (Lipinski definition) is 1. The average molecular weight is 351 g/mol. The van der Waals surface area contributed by atoms with Crippen LogP contribution >= 0.6 is 0 Å². The molecule has 0 spiro atoms. The fraction of sp³-hybridized carbons (Fsp3) is 0.850. The fourth-order valence-corrected chi connectivity index (χ4v) is 4.89. The lowest BCUT2D eigenvalue weighted by Crippen LogP contribution is -3.21. The van der Waals surface area contributed by atoms with E-state index >= 15 is 0 Å². The van der Waals surface area contributed by atoms with Crippen LogP contribution in [-0.4, -0.2) is 62.8 Å². The van der Waals surface area contributed by atoms with Gasteiger partial charge in [0.15, 0.2) is 0 Å². The van der Waals surface area contributed by atoms with Gasteiger partial charge in [0.2, 0.25) is 0 Å². The van der Waals surface area contributed by atoms with Gasteiger partial charge < -0.3 is 20.4 Å². The molecule has 0 aromatic rings.